The molecular weight excluding hydrogens is 306 g/mol. The molecule has 4 nitrogen and oxygen atoms in total. The third-order valence-electron chi connectivity index (χ3n) is 2.78. The molecule has 0 atom stereocenters. The molecule has 2 amide bonds. The summed E-state index contributed by atoms with van der Waals surface area (Å²) in [7, 11) is 0. The predicted molar refractivity (Wildman–Crippen MR) is 91.2 cm³/mol. The van der Waals surface area contributed by atoms with E-state index >= 15 is 0 Å². The molecule has 0 aliphatic rings. The highest BCUT2D eigenvalue weighted by atomic mass is 35.5. The zero-order valence-electron chi connectivity index (χ0n) is 11.3. The summed E-state index contributed by atoms with van der Waals surface area (Å²) in [5, 5.41) is 5.79. The van der Waals surface area contributed by atoms with Gasteiger partial charge in [-0.15, -0.1) is 0 Å². The van der Waals surface area contributed by atoms with E-state index in [0.29, 0.717) is 22.0 Å². The molecule has 2 rings (SSSR count). The second-order valence-corrected chi connectivity index (χ2v) is 5.35. The Morgan fingerprint density at radius 1 is 1.19 bits per heavy atom. The number of benzene rings is 2. The fourth-order valence-corrected chi connectivity index (χ4v) is 2.13. The zero-order valence-corrected chi connectivity index (χ0v) is 12.9. The van der Waals surface area contributed by atoms with Gasteiger partial charge in [0.25, 0.3) is 0 Å². The second-order valence-electron chi connectivity index (χ2n) is 4.51. The average Bonchev–Trinajstić information content (AvgIpc) is 2.40. The largest absolute Gasteiger partial charge is 0.389 e. The molecule has 0 unspecified atom stereocenters. The third kappa shape index (κ3) is 4.18. The minimum Gasteiger partial charge on any atom is -0.389 e. The molecule has 0 radical (unpaired) electrons. The molecule has 0 saturated carbocycles. The Morgan fingerprint density at radius 2 is 1.95 bits per heavy atom. The van der Waals surface area contributed by atoms with Crippen molar-refractivity contribution >= 4 is 46.2 Å². The number of halogens is 1. The number of carbonyl (C=O) groups excluding carboxylic acids is 1. The molecule has 6 heteroatoms. The van der Waals surface area contributed by atoms with Crippen molar-refractivity contribution in [1.82, 2.24) is 0 Å². The summed E-state index contributed by atoms with van der Waals surface area (Å²) in [6.07, 6.45) is 0. The van der Waals surface area contributed by atoms with E-state index in [4.69, 9.17) is 29.6 Å². The Labute approximate surface area is 133 Å². The summed E-state index contributed by atoms with van der Waals surface area (Å²) >= 11 is 11.0. The van der Waals surface area contributed by atoms with Crippen LogP contribution in [0.3, 0.4) is 0 Å². The van der Waals surface area contributed by atoms with Crippen LogP contribution in [0.5, 0.6) is 0 Å². The number of nitrogens with one attached hydrogen (secondary N) is 2. The molecular formula is C15H14ClN3OS. The van der Waals surface area contributed by atoms with Crippen LogP contribution in [-0.2, 0) is 0 Å². The van der Waals surface area contributed by atoms with Crippen LogP contribution in [0.4, 0.5) is 16.2 Å². The first-order valence-electron chi connectivity index (χ1n) is 6.20. The number of hydrogen-bond acceptors (Lipinski definition) is 2. The van der Waals surface area contributed by atoms with E-state index < -0.39 is 0 Å². The summed E-state index contributed by atoms with van der Waals surface area (Å²) in [5.74, 6) is 0. The Morgan fingerprint density at radius 3 is 2.57 bits per heavy atom. The van der Waals surface area contributed by atoms with E-state index in [1.165, 1.54) is 0 Å². The molecule has 0 aliphatic heterocycles. The fraction of sp³-hybridized carbons (Fsp3) is 0.0667. The maximum absolute atomic E-state index is 11.9. The third-order valence-corrected chi connectivity index (χ3v) is 3.33. The van der Waals surface area contributed by atoms with Crippen LogP contribution in [0.25, 0.3) is 0 Å². The van der Waals surface area contributed by atoms with E-state index in [9.17, 15) is 4.79 Å². The van der Waals surface area contributed by atoms with Crippen LogP contribution in [0.15, 0.2) is 42.5 Å². The Bertz CT molecular complexity index is 703. The predicted octanol–water partition coefficient (Wildman–Crippen LogP) is 3.93. The van der Waals surface area contributed by atoms with Crippen molar-refractivity contribution in [1.29, 1.82) is 0 Å². The van der Waals surface area contributed by atoms with Crippen LogP contribution < -0.4 is 16.4 Å². The van der Waals surface area contributed by atoms with Gasteiger partial charge in [0.15, 0.2) is 0 Å². The van der Waals surface area contributed by atoms with Gasteiger partial charge in [-0.05, 0) is 42.8 Å². The number of nitrogens with two attached hydrogens (primary N) is 1. The van der Waals surface area contributed by atoms with Gasteiger partial charge in [0.1, 0.15) is 4.99 Å². The van der Waals surface area contributed by atoms with Crippen LogP contribution >= 0.6 is 23.8 Å². The maximum Gasteiger partial charge on any atom is 0.323 e. The van der Waals surface area contributed by atoms with E-state index in [2.05, 4.69) is 10.6 Å². The van der Waals surface area contributed by atoms with E-state index in [1.54, 1.807) is 18.2 Å². The lowest BCUT2D eigenvalue weighted by atomic mass is 10.2. The lowest BCUT2D eigenvalue weighted by molar-refractivity contribution is 0.262. The SMILES string of the molecule is Cc1cccc(NC(=O)Nc2ccc(C(N)=S)cc2Cl)c1. The molecule has 21 heavy (non-hydrogen) atoms. The van der Waals surface area contributed by atoms with Gasteiger partial charge in [0.05, 0.1) is 10.7 Å². The molecule has 0 spiro atoms. The van der Waals surface area contributed by atoms with Gasteiger partial charge < -0.3 is 16.4 Å². The Hall–Kier alpha value is -2.11. The molecule has 0 fully saturated rings. The smallest absolute Gasteiger partial charge is 0.323 e. The van der Waals surface area contributed by atoms with Crippen molar-refractivity contribution in [3.05, 3.63) is 58.6 Å². The highest BCUT2D eigenvalue weighted by Gasteiger charge is 2.08. The minimum absolute atomic E-state index is 0.257. The highest BCUT2D eigenvalue weighted by molar-refractivity contribution is 7.80. The zero-order chi connectivity index (χ0) is 15.4. The maximum atomic E-state index is 11.9. The van der Waals surface area contributed by atoms with Crippen LogP contribution in [-0.4, -0.2) is 11.0 Å². The fourth-order valence-electron chi connectivity index (χ4n) is 1.78. The molecule has 0 heterocycles. The highest BCUT2D eigenvalue weighted by Crippen LogP contribution is 2.23. The Balaban J connectivity index is 2.08. The molecule has 2 aromatic rings. The van der Waals surface area contributed by atoms with Gasteiger partial charge in [-0.25, -0.2) is 4.79 Å². The van der Waals surface area contributed by atoms with Crippen LogP contribution in [0.2, 0.25) is 5.02 Å². The second kappa shape index (κ2) is 6.56. The first-order valence-corrected chi connectivity index (χ1v) is 6.98. The number of thiocarbonyl (C=S) groups is 1. The summed E-state index contributed by atoms with van der Waals surface area (Å²) in [6.45, 7) is 1.95. The van der Waals surface area contributed by atoms with Crippen LogP contribution in [0.1, 0.15) is 11.1 Å². The normalized spacial score (nSPS) is 10.0. The molecule has 4 N–H and O–H groups in total. The number of hydrogen-bond donors (Lipinski definition) is 3. The molecule has 0 saturated heterocycles. The average molecular weight is 320 g/mol. The Kier molecular flexibility index (Phi) is 4.77. The minimum atomic E-state index is -0.370. The quantitative estimate of drug-likeness (QED) is 0.751. The topological polar surface area (TPSA) is 67.2 Å². The monoisotopic (exact) mass is 319 g/mol. The van der Waals surface area contributed by atoms with Crippen molar-refractivity contribution in [3.63, 3.8) is 0 Å². The number of amides is 2. The van der Waals surface area contributed by atoms with Gasteiger partial charge in [-0.1, -0.05) is 36.0 Å². The number of anilines is 2. The molecule has 0 aliphatic carbocycles. The summed E-state index contributed by atoms with van der Waals surface area (Å²) in [6, 6.07) is 12.1. The summed E-state index contributed by atoms with van der Waals surface area (Å²) in [5.41, 5.74) is 8.44. The summed E-state index contributed by atoms with van der Waals surface area (Å²) in [4.78, 5) is 12.2. The van der Waals surface area contributed by atoms with E-state index in [1.807, 2.05) is 31.2 Å². The van der Waals surface area contributed by atoms with Gasteiger partial charge in [-0.2, -0.15) is 0 Å². The number of rotatable bonds is 3. The summed E-state index contributed by atoms with van der Waals surface area (Å²) < 4.78 is 0. The molecule has 0 bridgehead atoms. The molecule has 2 aromatic carbocycles. The van der Waals surface area contributed by atoms with Gasteiger partial charge >= 0.3 is 6.03 Å². The number of urea groups is 1. The van der Waals surface area contributed by atoms with Gasteiger partial charge in [-0.3, -0.25) is 0 Å². The standard InChI is InChI=1S/C15H14ClN3OS/c1-9-3-2-4-11(7-9)18-15(20)19-13-6-5-10(14(17)21)8-12(13)16/h2-8H,1H3,(H2,17,21)(H2,18,19,20). The lowest BCUT2D eigenvalue weighted by Crippen LogP contribution is -2.20. The molecule has 108 valence electrons. The molecule has 0 aromatic heterocycles. The van der Waals surface area contributed by atoms with Crippen LogP contribution in [0, 0.1) is 6.92 Å². The van der Waals surface area contributed by atoms with Gasteiger partial charge in [0.2, 0.25) is 0 Å². The van der Waals surface area contributed by atoms with E-state index in [-0.39, 0.29) is 11.0 Å². The van der Waals surface area contributed by atoms with Crippen molar-refractivity contribution in [3.8, 4) is 0 Å². The van der Waals surface area contributed by atoms with Gasteiger partial charge in [0, 0.05) is 11.3 Å². The first kappa shape index (κ1) is 15.3. The van der Waals surface area contributed by atoms with Crippen molar-refractivity contribution in [2.75, 3.05) is 10.6 Å². The first-order chi connectivity index (χ1) is 9.95. The van der Waals surface area contributed by atoms with E-state index in [0.717, 1.165) is 5.56 Å². The van der Waals surface area contributed by atoms with Crippen molar-refractivity contribution < 1.29 is 4.79 Å². The number of carbonyl (C=O) groups is 1. The van der Waals surface area contributed by atoms with Crippen molar-refractivity contribution in [2.24, 2.45) is 5.73 Å². The number of aryl methyl sites for hydroxylation is 1. The lowest BCUT2D eigenvalue weighted by Gasteiger charge is -2.10. The van der Waals surface area contributed by atoms with Crippen molar-refractivity contribution in [2.45, 2.75) is 6.92 Å².